The maximum absolute atomic E-state index is 15.0. The van der Waals surface area contributed by atoms with Crippen molar-refractivity contribution in [3.63, 3.8) is 0 Å². The maximum Gasteiger partial charge on any atom is 0.253 e. The van der Waals surface area contributed by atoms with Gasteiger partial charge in [-0.3, -0.25) is 19.2 Å². The number of ether oxygens (including phenoxy) is 2. The van der Waals surface area contributed by atoms with Crippen LogP contribution in [0.15, 0.2) is 72.8 Å². The van der Waals surface area contributed by atoms with Crippen molar-refractivity contribution < 1.29 is 28.7 Å². The number of amides is 4. The zero-order chi connectivity index (χ0) is 36.9. The van der Waals surface area contributed by atoms with E-state index in [2.05, 4.69) is 0 Å². The van der Waals surface area contributed by atoms with E-state index >= 15 is 0 Å². The molecule has 0 aliphatic carbocycles. The maximum atomic E-state index is 15.0. The second-order valence-electron chi connectivity index (χ2n) is 14.7. The molecule has 10 heteroatoms. The van der Waals surface area contributed by atoms with Crippen LogP contribution in [0.25, 0.3) is 0 Å². The molecular weight excluding hydrogens is 656 g/mol. The molecule has 10 nitrogen and oxygen atoms in total. The third-order valence-electron chi connectivity index (χ3n) is 11.4. The van der Waals surface area contributed by atoms with E-state index in [4.69, 9.17) is 9.47 Å². The minimum absolute atomic E-state index is 0.329. The zero-order valence-corrected chi connectivity index (χ0v) is 30.6. The molecule has 0 N–H and O–H groups in total. The van der Waals surface area contributed by atoms with E-state index in [1.54, 1.807) is 14.2 Å². The number of nitrogens with zero attached hydrogens (tertiary/aromatic N) is 4. The van der Waals surface area contributed by atoms with Crippen molar-refractivity contribution in [1.82, 2.24) is 10.0 Å². The molecule has 0 spiro atoms. The average molecular weight is 699 g/mol. The minimum Gasteiger partial charge on any atom is -0.497 e. The van der Waals surface area contributed by atoms with Gasteiger partial charge in [-0.2, -0.15) is 0 Å². The molecule has 0 saturated carbocycles. The Balaban J connectivity index is 1.35. The first-order valence-electron chi connectivity index (χ1n) is 17.6. The zero-order valence-electron chi connectivity index (χ0n) is 30.6. The number of imide groups is 2. The molecule has 4 aliphatic heterocycles. The van der Waals surface area contributed by atoms with Crippen LogP contribution in [0.2, 0.25) is 0 Å². The minimum atomic E-state index is -0.964. The van der Waals surface area contributed by atoms with Gasteiger partial charge in [-0.05, 0) is 99.2 Å². The van der Waals surface area contributed by atoms with Gasteiger partial charge in [0.1, 0.15) is 23.6 Å². The lowest BCUT2D eigenvalue weighted by Crippen LogP contribution is -2.50. The number of methoxy groups -OCH3 is 2. The van der Waals surface area contributed by atoms with Crippen LogP contribution in [-0.4, -0.2) is 59.9 Å². The highest BCUT2D eigenvalue weighted by molar-refractivity contribution is 6.27. The summed E-state index contributed by atoms with van der Waals surface area (Å²) in [6.45, 7) is 11.6. The van der Waals surface area contributed by atoms with Gasteiger partial charge in [-0.25, -0.2) is 19.8 Å². The third-order valence-corrected chi connectivity index (χ3v) is 11.4. The number of fused-ring (bicyclic) bond motifs is 5. The molecule has 4 saturated heterocycles. The van der Waals surface area contributed by atoms with Gasteiger partial charge in [-0.1, -0.05) is 59.7 Å². The molecule has 4 fully saturated rings. The average Bonchev–Trinajstić information content (AvgIpc) is 3.77. The lowest BCUT2D eigenvalue weighted by molar-refractivity contribution is -0.136. The number of hydrogen-bond acceptors (Lipinski definition) is 8. The molecule has 4 aromatic carbocycles. The van der Waals surface area contributed by atoms with Crippen molar-refractivity contribution in [2.45, 2.75) is 65.7 Å². The lowest BCUT2D eigenvalue weighted by Gasteiger charge is -2.36. The number of rotatable bonds is 6. The fourth-order valence-electron chi connectivity index (χ4n) is 9.59. The topological polar surface area (TPSA) is 99.7 Å². The summed E-state index contributed by atoms with van der Waals surface area (Å²) in [7, 11) is 3.17. The van der Waals surface area contributed by atoms with Crippen LogP contribution >= 0.6 is 0 Å². The van der Waals surface area contributed by atoms with Crippen LogP contribution in [0.4, 0.5) is 11.4 Å². The summed E-state index contributed by atoms with van der Waals surface area (Å²) in [4.78, 5) is 62.6. The normalized spacial score (nSPS) is 25.6. The second kappa shape index (κ2) is 12.1. The molecular formula is C42H42N4O6. The van der Waals surface area contributed by atoms with E-state index in [0.717, 1.165) is 44.5 Å². The lowest BCUT2D eigenvalue weighted by atomic mass is 9.84. The van der Waals surface area contributed by atoms with Crippen LogP contribution in [0, 0.1) is 53.4 Å². The van der Waals surface area contributed by atoms with E-state index in [1.165, 1.54) is 9.80 Å². The van der Waals surface area contributed by atoms with Gasteiger partial charge < -0.3 is 9.47 Å². The van der Waals surface area contributed by atoms with E-state index in [-0.39, 0.29) is 23.6 Å². The Hall–Kier alpha value is -5.32. The molecule has 4 amide bonds. The first kappa shape index (κ1) is 33.8. The molecule has 0 bridgehead atoms. The van der Waals surface area contributed by atoms with Gasteiger partial charge in [-0.15, -0.1) is 0 Å². The number of benzene rings is 4. The first-order valence-corrected chi connectivity index (χ1v) is 17.6. The number of carbonyl (C=O) groups excluding carboxylic acids is 4. The Kier molecular flexibility index (Phi) is 7.89. The number of hydrazine groups is 1. The Morgan fingerprint density at radius 3 is 1.04 bits per heavy atom. The number of anilines is 2. The Bertz CT molecular complexity index is 1980. The summed E-state index contributed by atoms with van der Waals surface area (Å²) in [6.07, 6.45) is 0. The van der Waals surface area contributed by atoms with Crippen LogP contribution in [-0.2, 0) is 19.2 Å². The molecule has 266 valence electrons. The molecule has 52 heavy (non-hydrogen) atoms. The fraction of sp³-hybridized carbons (Fsp3) is 0.333. The molecule has 8 rings (SSSR count). The van der Waals surface area contributed by atoms with Crippen LogP contribution in [0.1, 0.15) is 56.6 Å². The first-order chi connectivity index (χ1) is 24.9. The number of hydrogen-bond donors (Lipinski definition) is 0. The van der Waals surface area contributed by atoms with Gasteiger partial charge in [0.05, 0.1) is 49.5 Å². The van der Waals surface area contributed by atoms with Crippen molar-refractivity contribution in [2.24, 2.45) is 11.8 Å². The van der Waals surface area contributed by atoms with E-state index < -0.39 is 36.0 Å². The van der Waals surface area contributed by atoms with Gasteiger partial charge in [0.15, 0.2) is 0 Å². The smallest absolute Gasteiger partial charge is 0.253 e. The molecule has 4 aliphatic rings. The molecule has 4 aromatic rings. The van der Waals surface area contributed by atoms with Crippen molar-refractivity contribution in [3.05, 3.63) is 117 Å². The fourth-order valence-corrected chi connectivity index (χ4v) is 9.59. The van der Waals surface area contributed by atoms with Crippen molar-refractivity contribution in [2.75, 3.05) is 24.0 Å². The molecule has 6 unspecified atom stereocenters. The van der Waals surface area contributed by atoms with Gasteiger partial charge in [0.2, 0.25) is 11.8 Å². The summed E-state index contributed by atoms with van der Waals surface area (Å²) in [5.74, 6) is -1.84. The standard InChI is InChI=1S/C42H42N4O6/c1-21-17-23(3)33(24(4)18-21)43-39(47)31-35(27-9-13-29(51-7)14-10-27)46-38-32(40(48)44(42(38)50)34-25(5)19-22(2)20-26(34)6)36(45(46)37(31)41(43)49)28-11-15-30(52-8)16-12-28/h9-20,31-32,35-38H,1-8H3. The predicted octanol–water partition coefficient (Wildman–Crippen LogP) is 6.00. The summed E-state index contributed by atoms with van der Waals surface area (Å²) in [5.41, 5.74) is 8.03. The van der Waals surface area contributed by atoms with Gasteiger partial charge >= 0.3 is 0 Å². The highest BCUT2D eigenvalue weighted by atomic mass is 16.5. The van der Waals surface area contributed by atoms with Crippen LogP contribution in [0.5, 0.6) is 11.5 Å². The highest BCUT2D eigenvalue weighted by Gasteiger charge is 2.73. The number of aryl methyl sites for hydroxylation is 6. The summed E-state index contributed by atoms with van der Waals surface area (Å²) in [6, 6.07) is 19.4. The molecule has 6 atom stereocenters. The third kappa shape index (κ3) is 4.70. The Labute approximate surface area is 303 Å². The Morgan fingerprint density at radius 2 is 0.750 bits per heavy atom. The van der Waals surface area contributed by atoms with Gasteiger partial charge in [0, 0.05) is 0 Å². The Morgan fingerprint density at radius 1 is 0.442 bits per heavy atom. The summed E-state index contributed by atoms with van der Waals surface area (Å²) < 4.78 is 10.9. The molecule has 4 heterocycles. The van der Waals surface area contributed by atoms with Crippen molar-refractivity contribution in [1.29, 1.82) is 0 Å². The molecule has 0 aromatic heterocycles. The predicted molar refractivity (Wildman–Crippen MR) is 196 cm³/mol. The van der Waals surface area contributed by atoms with E-state index in [1.807, 2.05) is 124 Å². The monoisotopic (exact) mass is 698 g/mol. The van der Waals surface area contributed by atoms with Gasteiger partial charge in [0.25, 0.3) is 11.8 Å². The second-order valence-corrected chi connectivity index (χ2v) is 14.7. The SMILES string of the molecule is COc1ccc(C2C3C(=O)N(c4c(C)cc(C)cc4C)C(=O)C3N3C(c4ccc(OC)cc4)C4C(=O)N(c5c(C)cc(C)cc5C)C(=O)C4N23)cc1. The highest BCUT2D eigenvalue weighted by Crippen LogP contribution is 2.60. The molecule has 0 radical (unpaired) electrons. The van der Waals surface area contributed by atoms with Crippen LogP contribution < -0.4 is 19.3 Å². The largest absolute Gasteiger partial charge is 0.497 e. The van der Waals surface area contributed by atoms with E-state index in [0.29, 0.717) is 22.9 Å². The number of carbonyl (C=O) groups is 4. The van der Waals surface area contributed by atoms with Crippen molar-refractivity contribution in [3.8, 4) is 11.5 Å². The summed E-state index contributed by atoms with van der Waals surface area (Å²) >= 11 is 0. The summed E-state index contributed by atoms with van der Waals surface area (Å²) in [5, 5.41) is 3.80. The van der Waals surface area contributed by atoms with Crippen LogP contribution in [0.3, 0.4) is 0 Å². The van der Waals surface area contributed by atoms with E-state index in [9.17, 15) is 19.2 Å². The van der Waals surface area contributed by atoms with Crippen molar-refractivity contribution >= 4 is 35.0 Å². The quantitative estimate of drug-likeness (QED) is 0.226.